The van der Waals surface area contributed by atoms with Crippen molar-refractivity contribution in [3.05, 3.63) is 23.2 Å². The Morgan fingerprint density at radius 1 is 1.39 bits per heavy atom. The summed E-state index contributed by atoms with van der Waals surface area (Å²) in [5, 5.41) is 3.01. The predicted octanol–water partition coefficient (Wildman–Crippen LogP) is 3.17. The van der Waals surface area contributed by atoms with Crippen LogP contribution in [0.4, 0.5) is 13.2 Å². The normalized spacial score (nSPS) is 12.1. The summed E-state index contributed by atoms with van der Waals surface area (Å²) in [5.74, 6) is 1.45. The molecule has 0 aliphatic rings. The fraction of sp³-hybridized carbons (Fsp3) is 0.667. The average Bonchev–Trinajstić information content (AvgIpc) is 2.58. The van der Waals surface area contributed by atoms with Gasteiger partial charge in [-0.25, -0.2) is 0 Å². The SMILES string of the molecule is CNCc1cc(COCCCC(F)(F)F)oc1C. The average molecular weight is 265 g/mol. The van der Waals surface area contributed by atoms with Crippen molar-refractivity contribution < 1.29 is 22.3 Å². The third-order valence-electron chi connectivity index (χ3n) is 2.43. The van der Waals surface area contributed by atoms with E-state index in [2.05, 4.69) is 5.32 Å². The van der Waals surface area contributed by atoms with Crippen LogP contribution in [-0.2, 0) is 17.9 Å². The lowest BCUT2D eigenvalue weighted by molar-refractivity contribution is -0.138. The van der Waals surface area contributed by atoms with E-state index < -0.39 is 12.6 Å². The molecule has 0 fully saturated rings. The van der Waals surface area contributed by atoms with Crippen molar-refractivity contribution in [3.63, 3.8) is 0 Å². The summed E-state index contributed by atoms with van der Waals surface area (Å²) < 4.78 is 46.2. The maximum absolute atomic E-state index is 11.9. The number of rotatable bonds is 7. The second kappa shape index (κ2) is 6.80. The van der Waals surface area contributed by atoms with Gasteiger partial charge in [0.2, 0.25) is 0 Å². The summed E-state index contributed by atoms with van der Waals surface area (Å²) in [4.78, 5) is 0. The zero-order valence-electron chi connectivity index (χ0n) is 10.6. The van der Waals surface area contributed by atoms with E-state index in [1.54, 1.807) is 0 Å². The smallest absolute Gasteiger partial charge is 0.389 e. The lowest BCUT2D eigenvalue weighted by Crippen LogP contribution is -2.08. The minimum atomic E-state index is -4.11. The molecule has 1 aromatic rings. The molecule has 3 nitrogen and oxygen atoms in total. The molecule has 0 saturated heterocycles. The Labute approximate surface area is 104 Å². The van der Waals surface area contributed by atoms with Crippen LogP contribution in [0.15, 0.2) is 10.5 Å². The Morgan fingerprint density at radius 2 is 2.11 bits per heavy atom. The molecular weight excluding hydrogens is 247 g/mol. The van der Waals surface area contributed by atoms with Crippen molar-refractivity contribution >= 4 is 0 Å². The van der Waals surface area contributed by atoms with E-state index in [0.29, 0.717) is 12.3 Å². The van der Waals surface area contributed by atoms with Crippen LogP contribution in [0, 0.1) is 6.92 Å². The summed E-state index contributed by atoms with van der Waals surface area (Å²) in [6, 6.07) is 1.86. The van der Waals surface area contributed by atoms with Crippen LogP contribution in [0.5, 0.6) is 0 Å². The van der Waals surface area contributed by atoms with Crippen LogP contribution in [0.25, 0.3) is 0 Å². The molecule has 0 saturated carbocycles. The quantitative estimate of drug-likeness (QED) is 0.769. The van der Waals surface area contributed by atoms with Crippen molar-refractivity contribution in [3.8, 4) is 0 Å². The first-order chi connectivity index (χ1) is 8.42. The Kier molecular flexibility index (Phi) is 5.68. The van der Waals surface area contributed by atoms with E-state index in [1.165, 1.54) is 0 Å². The predicted molar refractivity (Wildman–Crippen MR) is 61.2 cm³/mol. The second-order valence-corrected chi connectivity index (χ2v) is 4.10. The van der Waals surface area contributed by atoms with Gasteiger partial charge in [0.05, 0.1) is 0 Å². The van der Waals surface area contributed by atoms with Crippen molar-refractivity contribution in [2.24, 2.45) is 0 Å². The van der Waals surface area contributed by atoms with Gasteiger partial charge in [-0.1, -0.05) is 0 Å². The molecule has 6 heteroatoms. The molecule has 0 aliphatic carbocycles. The van der Waals surface area contributed by atoms with Crippen molar-refractivity contribution in [2.45, 2.75) is 39.1 Å². The van der Waals surface area contributed by atoms with Gasteiger partial charge in [0.1, 0.15) is 18.1 Å². The number of ether oxygens (including phenoxy) is 1. The fourth-order valence-electron chi connectivity index (χ4n) is 1.57. The van der Waals surface area contributed by atoms with Crippen LogP contribution < -0.4 is 5.32 Å². The fourth-order valence-corrected chi connectivity index (χ4v) is 1.57. The van der Waals surface area contributed by atoms with Gasteiger partial charge >= 0.3 is 6.18 Å². The lowest BCUT2D eigenvalue weighted by Gasteiger charge is -2.05. The maximum Gasteiger partial charge on any atom is 0.389 e. The highest BCUT2D eigenvalue weighted by atomic mass is 19.4. The van der Waals surface area contributed by atoms with Crippen LogP contribution >= 0.6 is 0 Å². The Bertz CT molecular complexity index is 361. The molecule has 104 valence electrons. The highest BCUT2D eigenvalue weighted by Gasteiger charge is 2.25. The van der Waals surface area contributed by atoms with Gasteiger partial charge < -0.3 is 14.5 Å². The Hall–Kier alpha value is -1.01. The molecule has 0 atom stereocenters. The molecule has 1 heterocycles. The standard InChI is InChI=1S/C12H18F3NO2/c1-9-10(7-16-2)6-11(18-9)8-17-5-3-4-12(13,14)15/h6,16H,3-5,7-8H2,1-2H3. The third kappa shape index (κ3) is 5.55. The summed E-state index contributed by atoms with van der Waals surface area (Å²) in [6.07, 6.45) is -4.94. The molecule has 0 aromatic carbocycles. The highest BCUT2D eigenvalue weighted by molar-refractivity contribution is 5.20. The van der Waals surface area contributed by atoms with Gasteiger partial charge in [-0.15, -0.1) is 0 Å². The second-order valence-electron chi connectivity index (χ2n) is 4.10. The number of aryl methyl sites for hydroxylation is 1. The zero-order valence-corrected chi connectivity index (χ0v) is 10.6. The molecule has 0 bridgehead atoms. The van der Waals surface area contributed by atoms with Crippen LogP contribution in [0.1, 0.15) is 29.9 Å². The minimum absolute atomic E-state index is 0.0213. The minimum Gasteiger partial charge on any atom is -0.464 e. The topological polar surface area (TPSA) is 34.4 Å². The monoisotopic (exact) mass is 265 g/mol. The highest BCUT2D eigenvalue weighted by Crippen LogP contribution is 2.21. The first-order valence-corrected chi connectivity index (χ1v) is 5.79. The third-order valence-corrected chi connectivity index (χ3v) is 2.43. The summed E-state index contributed by atoms with van der Waals surface area (Å²) in [7, 11) is 1.83. The van der Waals surface area contributed by atoms with Crippen molar-refractivity contribution in [1.82, 2.24) is 5.32 Å². The molecule has 0 radical (unpaired) electrons. The molecule has 0 aliphatic heterocycles. The van der Waals surface area contributed by atoms with Crippen molar-refractivity contribution in [2.75, 3.05) is 13.7 Å². The lowest BCUT2D eigenvalue weighted by atomic mass is 10.2. The van der Waals surface area contributed by atoms with E-state index in [0.717, 1.165) is 11.3 Å². The summed E-state index contributed by atoms with van der Waals surface area (Å²) >= 11 is 0. The van der Waals surface area contributed by atoms with E-state index in [9.17, 15) is 13.2 Å². The Morgan fingerprint density at radius 3 is 2.72 bits per heavy atom. The number of hydrogen-bond donors (Lipinski definition) is 1. The molecule has 18 heavy (non-hydrogen) atoms. The first kappa shape index (κ1) is 15.0. The number of alkyl halides is 3. The van der Waals surface area contributed by atoms with Gasteiger partial charge in [-0.2, -0.15) is 13.2 Å². The number of hydrogen-bond acceptors (Lipinski definition) is 3. The van der Waals surface area contributed by atoms with E-state index in [1.807, 2.05) is 20.0 Å². The number of nitrogens with one attached hydrogen (secondary N) is 1. The molecule has 0 spiro atoms. The van der Waals surface area contributed by atoms with Gasteiger partial charge in [0.15, 0.2) is 0 Å². The van der Waals surface area contributed by atoms with E-state index >= 15 is 0 Å². The number of halogens is 3. The van der Waals surface area contributed by atoms with Crippen molar-refractivity contribution in [1.29, 1.82) is 0 Å². The molecule has 0 unspecified atom stereocenters. The van der Waals surface area contributed by atoms with E-state index in [-0.39, 0.29) is 19.6 Å². The van der Waals surface area contributed by atoms with Gasteiger partial charge in [0.25, 0.3) is 0 Å². The molecule has 1 aromatic heterocycles. The van der Waals surface area contributed by atoms with Gasteiger partial charge in [-0.3, -0.25) is 0 Å². The Balaban J connectivity index is 2.25. The summed E-state index contributed by atoms with van der Waals surface area (Å²) in [6.45, 7) is 2.84. The van der Waals surface area contributed by atoms with E-state index in [4.69, 9.17) is 9.15 Å². The van der Waals surface area contributed by atoms with Gasteiger partial charge in [0, 0.05) is 25.1 Å². The summed E-state index contributed by atoms with van der Waals surface area (Å²) in [5.41, 5.74) is 1.03. The first-order valence-electron chi connectivity index (χ1n) is 5.79. The van der Waals surface area contributed by atoms with Gasteiger partial charge in [-0.05, 0) is 26.5 Å². The largest absolute Gasteiger partial charge is 0.464 e. The zero-order chi connectivity index (χ0) is 13.6. The van der Waals surface area contributed by atoms with Crippen LogP contribution in [0.3, 0.4) is 0 Å². The van der Waals surface area contributed by atoms with Crippen LogP contribution in [0.2, 0.25) is 0 Å². The number of furan rings is 1. The molecular formula is C12H18F3NO2. The molecule has 1 N–H and O–H groups in total. The maximum atomic E-state index is 11.9. The molecule has 1 rings (SSSR count). The van der Waals surface area contributed by atoms with Crippen LogP contribution in [-0.4, -0.2) is 19.8 Å². The molecule has 0 amide bonds.